The predicted molar refractivity (Wildman–Crippen MR) is 91.9 cm³/mol. The van der Waals surface area contributed by atoms with Crippen LogP contribution in [0.5, 0.6) is 5.19 Å². The molecule has 0 amide bonds. The minimum absolute atomic E-state index is 0.0666. The maximum Gasteiger partial charge on any atom is 0.343 e. The Hall–Kier alpha value is -2.15. The van der Waals surface area contributed by atoms with Gasteiger partial charge in [0.15, 0.2) is 5.43 Å². The van der Waals surface area contributed by atoms with Crippen molar-refractivity contribution in [1.29, 1.82) is 0 Å². The van der Waals surface area contributed by atoms with Crippen molar-refractivity contribution in [3.05, 3.63) is 32.9 Å². The minimum Gasteiger partial charge on any atom is -0.473 e. The molecule has 0 bridgehead atoms. The lowest BCUT2D eigenvalue weighted by Gasteiger charge is -2.30. The fourth-order valence-electron chi connectivity index (χ4n) is 2.98. The molecular weight excluding hydrogens is 328 g/mol. The number of carbonyl (C=O) groups is 1. The minimum atomic E-state index is -0.582. The molecule has 0 radical (unpaired) electrons. The standard InChI is InChI=1S/C17H20N2O4S/c1-5-23-16(21)10-8-19-11(9(2)3)7-14-15(12(19)6-13(10)20)18-17(22-4)24-14/h6,8-9,11H,5,7H2,1-4H3. The largest absolute Gasteiger partial charge is 0.473 e. The molecule has 2 aromatic rings. The number of esters is 1. The molecule has 1 aliphatic heterocycles. The van der Waals surface area contributed by atoms with Crippen molar-refractivity contribution < 1.29 is 14.3 Å². The molecule has 3 rings (SSSR count). The number of fused-ring (bicyclic) bond motifs is 3. The number of thiazole rings is 1. The van der Waals surface area contributed by atoms with Crippen molar-refractivity contribution >= 4 is 17.3 Å². The molecule has 7 heteroatoms. The summed E-state index contributed by atoms with van der Waals surface area (Å²) in [6.45, 7) is 6.21. The summed E-state index contributed by atoms with van der Waals surface area (Å²) < 4.78 is 12.2. The van der Waals surface area contributed by atoms with E-state index in [0.717, 1.165) is 22.7 Å². The number of aromatic nitrogens is 2. The Kier molecular flexibility index (Phi) is 4.45. The van der Waals surface area contributed by atoms with Gasteiger partial charge in [0.2, 0.25) is 0 Å². The quantitative estimate of drug-likeness (QED) is 0.795. The zero-order valence-corrected chi connectivity index (χ0v) is 15.0. The highest BCUT2D eigenvalue weighted by Gasteiger charge is 2.31. The second kappa shape index (κ2) is 6.39. The van der Waals surface area contributed by atoms with E-state index in [0.29, 0.717) is 11.1 Å². The Morgan fingerprint density at radius 2 is 2.25 bits per heavy atom. The molecule has 1 unspecified atom stereocenters. The van der Waals surface area contributed by atoms with E-state index < -0.39 is 5.97 Å². The number of methoxy groups -OCH3 is 1. The first-order chi connectivity index (χ1) is 11.5. The van der Waals surface area contributed by atoms with Gasteiger partial charge in [-0.05, 0) is 12.8 Å². The monoisotopic (exact) mass is 348 g/mol. The molecule has 6 nitrogen and oxygen atoms in total. The van der Waals surface area contributed by atoms with Gasteiger partial charge in [0, 0.05) is 29.6 Å². The van der Waals surface area contributed by atoms with Gasteiger partial charge < -0.3 is 14.0 Å². The highest BCUT2D eigenvalue weighted by atomic mass is 32.1. The molecule has 0 aromatic carbocycles. The van der Waals surface area contributed by atoms with E-state index in [1.165, 1.54) is 17.4 Å². The lowest BCUT2D eigenvalue weighted by molar-refractivity contribution is 0.0523. The summed E-state index contributed by atoms with van der Waals surface area (Å²) in [6.07, 6.45) is 2.42. The number of carbonyl (C=O) groups excluding carboxylic acids is 1. The van der Waals surface area contributed by atoms with E-state index in [-0.39, 0.29) is 23.6 Å². The summed E-state index contributed by atoms with van der Waals surface area (Å²) in [6, 6.07) is 1.63. The summed E-state index contributed by atoms with van der Waals surface area (Å²) >= 11 is 1.50. The molecule has 0 fully saturated rings. The van der Waals surface area contributed by atoms with Gasteiger partial charge in [-0.1, -0.05) is 25.2 Å². The summed E-state index contributed by atoms with van der Waals surface area (Å²) in [7, 11) is 1.58. The van der Waals surface area contributed by atoms with Gasteiger partial charge >= 0.3 is 5.97 Å². The smallest absolute Gasteiger partial charge is 0.343 e. The molecule has 0 aliphatic carbocycles. The first-order valence-corrected chi connectivity index (χ1v) is 8.75. The van der Waals surface area contributed by atoms with Gasteiger partial charge in [-0.15, -0.1) is 0 Å². The Balaban J connectivity index is 2.19. The number of ether oxygens (including phenoxy) is 2. The zero-order chi connectivity index (χ0) is 17.4. The molecule has 2 aromatic heterocycles. The lowest BCUT2D eigenvalue weighted by atomic mass is 9.94. The van der Waals surface area contributed by atoms with Gasteiger partial charge in [-0.25, -0.2) is 9.78 Å². The molecule has 0 saturated heterocycles. The fourth-order valence-corrected chi connectivity index (χ4v) is 3.91. The third kappa shape index (κ3) is 2.73. The van der Waals surface area contributed by atoms with Crippen LogP contribution in [0.2, 0.25) is 0 Å². The molecule has 0 saturated carbocycles. The number of nitrogens with zero attached hydrogens (tertiary/aromatic N) is 2. The fraction of sp³-hybridized carbons (Fsp3) is 0.471. The second-order valence-corrected chi connectivity index (χ2v) is 7.08. The van der Waals surface area contributed by atoms with Gasteiger partial charge in [0.1, 0.15) is 11.3 Å². The molecule has 128 valence electrons. The van der Waals surface area contributed by atoms with Crippen LogP contribution >= 0.6 is 11.3 Å². The Morgan fingerprint density at radius 1 is 1.50 bits per heavy atom. The summed E-state index contributed by atoms with van der Waals surface area (Å²) in [5, 5.41) is 0.581. The van der Waals surface area contributed by atoms with E-state index in [4.69, 9.17) is 9.47 Å². The van der Waals surface area contributed by atoms with Gasteiger partial charge in [-0.2, -0.15) is 0 Å². The van der Waals surface area contributed by atoms with Crippen molar-refractivity contribution in [3.63, 3.8) is 0 Å². The Labute approximate surface area is 144 Å². The average Bonchev–Trinajstić information content (AvgIpc) is 2.97. The number of pyridine rings is 1. The predicted octanol–water partition coefficient (Wildman–Crippen LogP) is 2.91. The molecule has 1 aliphatic rings. The van der Waals surface area contributed by atoms with Crippen LogP contribution in [0, 0.1) is 5.92 Å². The SMILES string of the molecule is CCOC(=O)c1cn2c(cc1=O)-c1nc(OC)sc1CC2C(C)C. The average molecular weight is 348 g/mol. The number of hydrogen-bond donors (Lipinski definition) is 0. The van der Waals surface area contributed by atoms with E-state index in [1.54, 1.807) is 20.2 Å². The van der Waals surface area contributed by atoms with Crippen molar-refractivity contribution in [2.75, 3.05) is 13.7 Å². The van der Waals surface area contributed by atoms with E-state index in [2.05, 4.69) is 18.8 Å². The van der Waals surface area contributed by atoms with Gasteiger partial charge in [-0.3, -0.25) is 4.79 Å². The number of rotatable bonds is 4. The van der Waals surface area contributed by atoms with Crippen LogP contribution in [0.3, 0.4) is 0 Å². The van der Waals surface area contributed by atoms with Crippen LogP contribution < -0.4 is 10.2 Å². The lowest BCUT2D eigenvalue weighted by Crippen LogP contribution is -2.28. The first-order valence-electron chi connectivity index (χ1n) is 7.93. The molecule has 24 heavy (non-hydrogen) atoms. The zero-order valence-electron chi connectivity index (χ0n) is 14.2. The molecular formula is C17H20N2O4S. The van der Waals surface area contributed by atoms with E-state index >= 15 is 0 Å². The molecule has 1 atom stereocenters. The van der Waals surface area contributed by atoms with E-state index in [1.807, 2.05) is 4.57 Å². The van der Waals surface area contributed by atoms with Crippen molar-refractivity contribution in [2.45, 2.75) is 33.2 Å². The highest BCUT2D eigenvalue weighted by Crippen LogP contribution is 2.41. The number of hydrogen-bond acceptors (Lipinski definition) is 6. The van der Waals surface area contributed by atoms with Crippen molar-refractivity contribution in [3.8, 4) is 16.6 Å². The van der Waals surface area contributed by atoms with Crippen LogP contribution in [-0.2, 0) is 11.2 Å². The molecule has 0 spiro atoms. The highest BCUT2D eigenvalue weighted by molar-refractivity contribution is 7.13. The maximum atomic E-state index is 12.4. The van der Waals surface area contributed by atoms with Gasteiger partial charge in [0.05, 0.1) is 19.4 Å². The summed E-state index contributed by atoms with van der Waals surface area (Å²) in [5.41, 5.74) is 1.22. The van der Waals surface area contributed by atoms with E-state index in [9.17, 15) is 9.59 Å². The molecule has 3 heterocycles. The molecule has 0 N–H and O–H groups in total. The van der Waals surface area contributed by atoms with Crippen LogP contribution in [0.25, 0.3) is 11.4 Å². The van der Waals surface area contributed by atoms with Crippen molar-refractivity contribution in [2.24, 2.45) is 5.92 Å². The van der Waals surface area contributed by atoms with Crippen molar-refractivity contribution in [1.82, 2.24) is 9.55 Å². The third-order valence-electron chi connectivity index (χ3n) is 4.19. The summed E-state index contributed by atoms with van der Waals surface area (Å²) in [5.74, 6) is -0.246. The Morgan fingerprint density at radius 3 is 2.88 bits per heavy atom. The second-order valence-electron chi connectivity index (χ2n) is 6.04. The van der Waals surface area contributed by atoms with Crippen LogP contribution in [0.1, 0.15) is 42.0 Å². The van der Waals surface area contributed by atoms with Gasteiger partial charge in [0.25, 0.3) is 5.19 Å². The third-order valence-corrected chi connectivity index (χ3v) is 5.23. The van der Waals surface area contributed by atoms with Crippen LogP contribution in [0.4, 0.5) is 0 Å². The topological polar surface area (TPSA) is 70.4 Å². The van der Waals surface area contributed by atoms with Crippen LogP contribution in [-0.4, -0.2) is 29.2 Å². The maximum absolute atomic E-state index is 12.4. The normalized spacial score (nSPS) is 15.8. The summed E-state index contributed by atoms with van der Waals surface area (Å²) in [4.78, 5) is 30.0. The van der Waals surface area contributed by atoms with Crippen LogP contribution in [0.15, 0.2) is 17.1 Å². The Bertz CT molecular complexity index is 838. The first kappa shape index (κ1) is 16.7.